The molecule has 0 unspecified atom stereocenters. The summed E-state index contributed by atoms with van der Waals surface area (Å²) in [7, 11) is 0. The first kappa shape index (κ1) is 13.5. The molecule has 0 fully saturated rings. The highest BCUT2D eigenvalue weighted by molar-refractivity contribution is 6.34. The first-order chi connectivity index (χ1) is 8.99. The van der Waals surface area contributed by atoms with Crippen LogP contribution in [0.4, 0.5) is 5.69 Å². The number of aryl methyl sites for hydroxylation is 3. The summed E-state index contributed by atoms with van der Waals surface area (Å²) in [6.45, 7) is 5.63. The first-order valence-electron chi connectivity index (χ1n) is 5.83. The predicted octanol–water partition coefficient (Wildman–Crippen LogP) is 3.31. The van der Waals surface area contributed by atoms with Gasteiger partial charge in [0.1, 0.15) is 6.33 Å². The van der Waals surface area contributed by atoms with Gasteiger partial charge in [-0.05, 0) is 38.0 Å². The summed E-state index contributed by atoms with van der Waals surface area (Å²) in [5, 5.41) is 3.34. The monoisotopic (exact) mass is 275 g/mol. The molecule has 1 amide bonds. The molecule has 1 aromatic carbocycles. The van der Waals surface area contributed by atoms with E-state index in [-0.39, 0.29) is 5.91 Å². The first-order valence-corrected chi connectivity index (χ1v) is 6.21. The lowest BCUT2D eigenvalue weighted by molar-refractivity contribution is 0.102. The minimum Gasteiger partial charge on any atom is -0.320 e. The fourth-order valence-electron chi connectivity index (χ4n) is 1.87. The molecule has 0 atom stereocenters. The van der Waals surface area contributed by atoms with E-state index in [1.807, 2.05) is 26.0 Å². The SMILES string of the molecule is Cc1cc(C)c(NC(=O)c2cncnc2C)c(Cl)c1. The van der Waals surface area contributed by atoms with E-state index in [0.717, 1.165) is 11.1 Å². The van der Waals surface area contributed by atoms with Crippen molar-refractivity contribution in [3.63, 3.8) is 0 Å². The van der Waals surface area contributed by atoms with Crippen LogP contribution in [-0.4, -0.2) is 15.9 Å². The maximum absolute atomic E-state index is 12.2. The fourth-order valence-corrected chi connectivity index (χ4v) is 2.24. The van der Waals surface area contributed by atoms with E-state index in [1.54, 1.807) is 6.92 Å². The Morgan fingerprint density at radius 3 is 2.63 bits per heavy atom. The van der Waals surface area contributed by atoms with Crippen LogP contribution < -0.4 is 5.32 Å². The molecule has 1 heterocycles. The molecule has 5 heteroatoms. The molecule has 98 valence electrons. The summed E-state index contributed by atoms with van der Waals surface area (Å²) < 4.78 is 0. The zero-order valence-corrected chi connectivity index (χ0v) is 11.7. The van der Waals surface area contributed by atoms with E-state index < -0.39 is 0 Å². The number of hydrogen-bond acceptors (Lipinski definition) is 3. The number of amides is 1. The molecule has 19 heavy (non-hydrogen) atoms. The molecule has 2 rings (SSSR count). The van der Waals surface area contributed by atoms with Crippen LogP contribution in [0.25, 0.3) is 0 Å². The summed E-state index contributed by atoms with van der Waals surface area (Å²) in [6.07, 6.45) is 2.91. The lowest BCUT2D eigenvalue weighted by atomic mass is 10.1. The predicted molar refractivity (Wildman–Crippen MR) is 75.6 cm³/mol. The number of halogens is 1. The zero-order valence-electron chi connectivity index (χ0n) is 11.0. The Morgan fingerprint density at radius 1 is 1.26 bits per heavy atom. The molecular weight excluding hydrogens is 262 g/mol. The molecule has 0 aliphatic carbocycles. The van der Waals surface area contributed by atoms with Crippen molar-refractivity contribution in [2.45, 2.75) is 20.8 Å². The van der Waals surface area contributed by atoms with Crippen molar-refractivity contribution < 1.29 is 4.79 Å². The van der Waals surface area contributed by atoms with E-state index in [1.165, 1.54) is 12.5 Å². The molecular formula is C14H14ClN3O. The molecule has 0 bridgehead atoms. The molecule has 0 radical (unpaired) electrons. The van der Waals surface area contributed by atoms with Gasteiger partial charge in [0.25, 0.3) is 5.91 Å². The normalized spacial score (nSPS) is 10.3. The maximum atomic E-state index is 12.2. The van der Waals surface area contributed by atoms with Crippen LogP contribution in [0.2, 0.25) is 5.02 Å². The van der Waals surface area contributed by atoms with E-state index >= 15 is 0 Å². The van der Waals surface area contributed by atoms with Crippen molar-refractivity contribution in [1.82, 2.24) is 9.97 Å². The van der Waals surface area contributed by atoms with Gasteiger partial charge in [-0.3, -0.25) is 4.79 Å². The van der Waals surface area contributed by atoms with Crippen LogP contribution in [-0.2, 0) is 0 Å². The molecule has 0 saturated heterocycles. The number of aromatic nitrogens is 2. The highest BCUT2D eigenvalue weighted by atomic mass is 35.5. The van der Waals surface area contributed by atoms with Crippen molar-refractivity contribution in [3.8, 4) is 0 Å². The van der Waals surface area contributed by atoms with Gasteiger partial charge in [-0.15, -0.1) is 0 Å². The topological polar surface area (TPSA) is 54.9 Å². The number of rotatable bonds is 2. The van der Waals surface area contributed by atoms with Gasteiger partial charge in [0.15, 0.2) is 0 Å². The number of carbonyl (C=O) groups is 1. The van der Waals surface area contributed by atoms with Gasteiger partial charge in [-0.1, -0.05) is 17.7 Å². The number of benzene rings is 1. The molecule has 1 aromatic heterocycles. The Morgan fingerprint density at radius 2 is 2.00 bits per heavy atom. The molecule has 0 saturated carbocycles. The van der Waals surface area contributed by atoms with Gasteiger partial charge >= 0.3 is 0 Å². The van der Waals surface area contributed by atoms with Crippen LogP contribution in [0.3, 0.4) is 0 Å². The second kappa shape index (κ2) is 5.36. The van der Waals surface area contributed by atoms with Gasteiger partial charge in [0.05, 0.1) is 22.0 Å². The zero-order chi connectivity index (χ0) is 14.0. The second-order valence-corrected chi connectivity index (χ2v) is 4.82. The van der Waals surface area contributed by atoms with Crippen molar-refractivity contribution in [2.75, 3.05) is 5.32 Å². The summed E-state index contributed by atoms with van der Waals surface area (Å²) in [6, 6.07) is 3.79. The third-order valence-corrected chi connectivity index (χ3v) is 3.12. The van der Waals surface area contributed by atoms with E-state index in [2.05, 4.69) is 15.3 Å². The Hall–Kier alpha value is -1.94. The number of carbonyl (C=O) groups excluding carboxylic acids is 1. The summed E-state index contributed by atoms with van der Waals surface area (Å²) >= 11 is 6.16. The number of hydrogen-bond donors (Lipinski definition) is 1. The van der Waals surface area contributed by atoms with Crippen LogP contribution in [0, 0.1) is 20.8 Å². The van der Waals surface area contributed by atoms with Crippen molar-refractivity contribution in [3.05, 3.63) is 52.1 Å². The largest absolute Gasteiger partial charge is 0.320 e. The minimum absolute atomic E-state index is 0.257. The Labute approximate surface area is 116 Å². The van der Waals surface area contributed by atoms with Gasteiger partial charge < -0.3 is 5.32 Å². The standard InChI is InChI=1S/C14H14ClN3O/c1-8-4-9(2)13(12(15)5-8)18-14(19)11-6-16-7-17-10(11)3/h4-7H,1-3H3,(H,18,19). The quantitative estimate of drug-likeness (QED) is 0.915. The molecule has 0 spiro atoms. The van der Waals surface area contributed by atoms with Gasteiger partial charge in [-0.2, -0.15) is 0 Å². The smallest absolute Gasteiger partial charge is 0.259 e. The van der Waals surface area contributed by atoms with Crippen molar-refractivity contribution in [2.24, 2.45) is 0 Å². The number of nitrogens with one attached hydrogen (secondary N) is 1. The van der Waals surface area contributed by atoms with E-state index in [4.69, 9.17) is 11.6 Å². The van der Waals surface area contributed by atoms with Crippen LogP contribution in [0.1, 0.15) is 27.2 Å². The van der Waals surface area contributed by atoms with Crippen molar-refractivity contribution >= 4 is 23.2 Å². The molecule has 2 aromatic rings. The maximum Gasteiger partial charge on any atom is 0.259 e. The third-order valence-electron chi connectivity index (χ3n) is 2.83. The molecule has 0 aliphatic rings. The Balaban J connectivity index is 2.32. The van der Waals surface area contributed by atoms with Gasteiger partial charge in [-0.25, -0.2) is 9.97 Å². The molecule has 4 nitrogen and oxygen atoms in total. The van der Waals surface area contributed by atoms with Crippen LogP contribution in [0.5, 0.6) is 0 Å². The number of nitrogens with zero attached hydrogens (tertiary/aromatic N) is 2. The van der Waals surface area contributed by atoms with E-state index in [9.17, 15) is 4.79 Å². The lowest BCUT2D eigenvalue weighted by Gasteiger charge is -2.12. The molecule has 0 aliphatic heterocycles. The summed E-state index contributed by atoms with van der Waals surface area (Å²) in [5.41, 5.74) is 3.68. The fraction of sp³-hybridized carbons (Fsp3) is 0.214. The Bertz CT molecular complexity index is 617. The summed E-state index contributed by atoms with van der Waals surface area (Å²) in [4.78, 5) is 20.0. The third kappa shape index (κ3) is 2.90. The lowest BCUT2D eigenvalue weighted by Crippen LogP contribution is -2.15. The van der Waals surface area contributed by atoms with E-state index in [0.29, 0.717) is 22.0 Å². The average Bonchev–Trinajstić information content (AvgIpc) is 2.34. The number of anilines is 1. The highest BCUT2D eigenvalue weighted by Gasteiger charge is 2.13. The minimum atomic E-state index is -0.257. The van der Waals surface area contributed by atoms with Crippen LogP contribution in [0.15, 0.2) is 24.7 Å². The average molecular weight is 276 g/mol. The van der Waals surface area contributed by atoms with Crippen LogP contribution >= 0.6 is 11.6 Å². The van der Waals surface area contributed by atoms with Gasteiger partial charge in [0, 0.05) is 6.20 Å². The second-order valence-electron chi connectivity index (χ2n) is 4.41. The summed E-state index contributed by atoms with van der Waals surface area (Å²) in [5.74, 6) is -0.257. The van der Waals surface area contributed by atoms with Gasteiger partial charge in [0.2, 0.25) is 0 Å². The Kier molecular flexibility index (Phi) is 3.81. The molecule has 1 N–H and O–H groups in total. The highest BCUT2D eigenvalue weighted by Crippen LogP contribution is 2.27. The van der Waals surface area contributed by atoms with Crippen molar-refractivity contribution in [1.29, 1.82) is 0 Å².